The summed E-state index contributed by atoms with van der Waals surface area (Å²) in [5, 5.41) is 3.68. The van der Waals surface area contributed by atoms with Gasteiger partial charge in [0.05, 0.1) is 6.61 Å². The third kappa shape index (κ3) is 6.17. The lowest BCUT2D eigenvalue weighted by molar-refractivity contribution is -0.127. The molecule has 1 aliphatic heterocycles. The SMILES string of the molecule is CCOCC1CCN(C(=NCC(=O)N(C)C)NC2CCCCC2C)C1. The molecule has 0 aromatic rings. The van der Waals surface area contributed by atoms with Gasteiger partial charge in [0, 0.05) is 45.8 Å². The van der Waals surface area contributed by atoms with Gasteiger partial charge in [0.1, 0.15) is 6.54 Å². The summed E-state index contributed by atoms with van der Waals surface area (Å²) < 4.78 is 5.59. The van der Waals surface area contributed by atoms with Gasteiger partial charge in [-0.05, 0) is 32.1 Å². The minimum absolute atomic E-state index is 0.0426. The zero-order valence-electron chi connectivity index (χ0n) is 16.5. The van der Waals surface area contributed by atoms with E-state index in [1.807, 2.05) is 6.92 Å². The molecule has 25 heavy (non-hydrogen) atoms. The molecule has 2 rings (SSSR count). The molecule has 1 saturated heterocycles. The maximum absolute atomic E-state index is 12.0. The molecule has 0 bridgehead atoms. The molecule has 2 fully saturated rings. The number of carbonyl (C=O) groups excluding carboxylic acids is 1. The molecule has 1 N–H and O–H groups in total. The second-order valence-electron chi connectivity index (χ2n) is 7.70. The fourth-order valence-corrected chi connectivity index (χ4v) is 3.66. The van der Waals surface area contributed by atoms with Gasteiger partial charge in [-0.15, -0.1) is 0 Å². The first kappa shape index (κ1) is 20.0. The number of guanidine groups is 1. The van der Waals surface area contributed by atoms with Crippen LogP contribution >= 0.6 is 0 Å². The van der Waals surface area contributed by atoms with E-state index in [0.29, 0.717) is 17.9 Å². The zero-order valence-corrected chi connectivity index (χ0v) is 16.5. The van der Waals surface area contributed by atoms with Gasteiger partial charge in [0.25, 0.3) is 0 Å². The van der Waals surface area contributed by atoms with Gasteiger partial charge in [0.15, 0.2) is 5.96 Å². The summed E-state index contributed by atoms with van der Waals surface area (Å²) in [7, 11) is 3.56. The summed E-state index contributed by atoms with van der Waals surface area (Å²) in [5.41, 5.74) is 0. The number of amides is 1. The fourth-order valence-electron chi connectivity index (χ4n) is 3.66. The van der Waals surface area contributed by atoms with Crippen molar-refractivity contribution in [2.24, 2.45) is 16.8 Å². The molecular formula is C19H36N4O2. The third-order valence-corrected chi connectivity index (χ3v) is 5.43. The lowest BCUT2D eigenvalue weighted by Crippen LogP contribution is -2.48. The van der Waals surface area contributed by atoms with Gasteiger partial charge in [-0.3, -0.25) is 4.79 Å². The number of hydrogen-bond donors (Lipinski definition) is 1. The summed E-state index contributed by atoms with van der Waals surface area (Å²) in [5.74, 6) is 2.17. The summed E-state index contributed by atoms with van der Waals surface area (Å²) >= 11 is 0. The van der Waals surface area contributed by atoms with E-state index in [0.717, 1.165) is 38.7 Å². The second-order valence-corrected chi connectivity index (χ2v) is 7.70. The van der Waals surface area contributed by atoms with Crippen LogP contribution in [0.4, 0.5) is 0 Å². The molecule has 6 heteroatoms. The van der Waals surface area contributed by atoms with Crippen LogP contribution < -0.4 is 5.32 Å². The van der Waals surface area contributed by atoms with Crippen molar-refractivity contribution in [2.45, 2.75) is 52.0 Å². The highest BCUT2D eigenvalue weighted by atomic mass is 16.5. The lowest BCUT2D eigenvalue weighted by Gasteiger charge is -2.33. The number of likely N-dealkylation sites (N-methyl/N-ethyl adjacent to an activating group) is 1. The number of nitrogens with zero attached hydrogens (tertiary/aromatic N) is 3. The maximum atomic E-state index is 12.0. The Balaban J connectivity index is 2.01. The molecule has 2 aliphatic rings. The first-order valence-electron chi connectivity index (χ1n) is 9.85. The molecule has 1 saturated carbocycles. The van der Waals surface area contributed by atoms with E-state index in [2.05, 4.69) is 22.1 Å². The molecule has 0 aromatic carbocycles. The van der Waals surface area contributed by atoms with Crippen LogP contribution in [0.25, 0.3) is 0 Å². The second kappa shape index (κ2) is 10.00. The summed E-state index contributed by atoms with van der Waals surface area (Å²) in [6.45, 7) is 8.11. The Morgan fingerprint density at radius 3 is 2.72 bits per heavy atom. The molecular weight excluding hydrogens is 316 g/mol. The van der Waals surface area contributed by atoms with E-state index in [1.54, 1.807) is 19.0 Å². The molecule has 0 aromatic heterocycles. The Morgan fingerprint density at radius 2 is 2.04 bits per heavy atom. The zero-order chi connectivity index (χ0) is 18.2. The van der Waals surface area contributed by atoms with E-state index >= 15 is 0 Å². The number of nitrogens with one attached hydrogen (secondary N) is 1. The van der Waals surface area contributed by atoms with Crippen LogP contribution in [0, 0.1) is 11.8 Å². The Hall–Kier alpha value is -1.30. The van der Waals surface area contributed by atoms with Gasteiger partial charge in [-0.2, -0.15) is 0 Å². The number of carbonyl (C=O) groups is 1. The van der Waals surface area contributed by atoms with Gasteiger partial charge in [-0.25, -0.2) is 4.99 Å². The number of ether oxygens (including phenoxy) is 1. The Labute approximate surface area is 153 Å². The minimum Gasteiger partial charge on any atom is -0.381 e. The molecule has 3 atom stereocenters. The van der Waals surface area contributed by atoms with E-state index in [9.17, 15) is 4.79 Å². The highest BCUT2D eigenvalue weighted by Crippen LogP contribution is 2.24. The molecule has 1 amide bonds. The largest absolute Gasteiger partial charge is 0.381 e. The van der Waals surface area contributed by atoms with Crippen molar-refractivity contribution in [3.05, 3.63) is 0 Å². The van der Waals surface area contributed by atoms with Crippen molar-refractivity contribution in [1.82, 2.24) is 15.1 Å². The van der Waals surface area contributed by atoms with E-state index in [4.69, 9.17) is 4.74 Å². The number of rotatable bonds is 6. The molecule has 1 aliphatic carbocycles. The Bertz CT molecular complexity index is 453. The van der Waals surface area contributed by atoms with E-state index in [1.165, 1.54) is 25.7 Å². The van der Waals surface area contributed by atoms with Gasteiger partial charge in [0.2, 0.25) is 5.91 Å². The van der Waals surface area contributed by atoms with Crippen LogP contribution in [0.5, 0.6) is 0 Å². The van der Waals surface area contributed by atoms with Crippen LogP contribution in [-0.2, 0) is 9.53 Å². The molecule has 3 unspecified atom stereocenters. The average Bonchev–Trinajstić information content (AvgIpc) is 3.06. The summed E-state index contributed by atoms with van der Waals surface area (Å²) in [6.07, 6.45) is 6.19. The van der Waals surface area contributed by atoms with Crippen molar-refractivity contribution < 1.29 is 9.53 Å². The first-order chi connectivity index (χ1) is 12.0. The van der Waals surface area contributed by atoms with Crippen LogP contribution in [0.1, 0.15) is 46.0 Å². The molecule has 6 nitrogen and oxygen atoms in total. The molecule has 1 heterocycles. The fraction of sp³-hybridized carbons (Fsp3) is 0.895. The normalized spacial score (nSPS) is 27.4. The molecule has 0 spiro atoms. The van der Waals surface area contributed by atoms with Crippen molar-refractivity contribution in [1.29, 1.82) is 0 Å². The highest BCUT2D eigenvalue weighted by molar-refractivity contribution is 5.85. The number of likely N-dealkylation sites (tertiary alicyclic amines) is 1. The molecule has 144 valence electrons. The predicted molar refractivity (Wildman–Crippen MR) is 102 cm³/mol. The number of aliphatic imine (C=N–C) groups is 1. The van der Waals surface area contributed by atoms with Crippen molar-refractivity contribution in [2.75, 3.05) is 46.9 Å². The highest BCUT2D eigenvalue weighted by Gasteiger charge is 2.28. The van der Waals surface area contributed by atoms with Crippen LogP contribution in [-0.4, -0.2) is 74.7 Å². The van der Waals surface area contributed by atoms with Crippen molar-refractivity contribution in [3.63, 3.8) is 0 Å². The van der Waals surface area contributed by atoms with Gasteiger partial charge >= 0.3 is 0 Å². The number of hydrogen-bond acceptors (Lipinski definition) is 3. The van der Waals surface area contributed by atoms with E-state index < -0.39 is 0 Å². The topological polar surface area (TPSA) is 57.2 Å². The monoisotopic (exact) mass is 352 g/mol. The third-order valence-electron chi connectivity index (χ3n) is 5.43. The molecule has 0 radical (unpaired) electrons. The Morgan fingerprint density at radius 1 is 1.28 bits per heavy atom. The standard InChI is InChI=1S/C19H36N4O2/c1-5-25-14-16-10-11-23(13-16)19(20-12-18(24)22(3)4)21-17-9-7-6-8-15(17)2/h15-17H,5-14H2,1-4H3,(H,20,21). The first-order valence-corrected chi connectivity index (χ1v) is 9.85. The quantitative estimate of drug-likeness (QED) is 0.586. The minimum atomic E-state index is 0.0426. The average molecular weight is 353 g/mol. The predicted octanol–water partition coefficient (Wildman–Crippen LogP) is 1.96. The summed E-state index contributed by atoms with van der Waals surface area (Å²) in [4.78, 5) is 20.6. The van der Waals surface area contributed by atoms with Crippen LogP contribution in [0.15, 0.2) is 4.99 Å². The smallest absolute Gasteiger partial charge is 0.243 e. The van der Waals surface area contributed by atoms with Crippen molar-refractivity contribution >= 4 is 11.9 Å². The van der Waals surface area contributed by atoms with E-state index in [-0.39, 0.29) is 12.5 Å². The lowest BCUT2D eigenvalue weighted by atomic mass is 9.86. The van der Waals surface area contributed by atoms with Crippen molar-refractivity contribution in [3.8, 4) is 0 Å². The van der Waals surface area contributed by atoms with Gasteiger partial charge < -0.3 is 19.9 Å². The van der Waals surface area contributed by atoms with Gasteiger partial charge in [-0.1, -0.05) is 19.8 Å². The van der Waals surface area contributed by atoms with Crippen LogP contribution in [0.2, 0.25) is 0 Å². The Kier molecular flexibility index (Phi) is 8.00. The van der Waals surface area contributed by atoms with Crippen LogP contribution in [0.3, 0.4) is 0 Å². The maximum Gasteiger partial charge on any atom is 0.243 e. The summed E-state index contributed by atoms with van der Waals surface area (Å²) in [6, 6.07) is 0.466.